The molecule has 24 heavy (non-hydrogen) atoms. The second-order valence-electron chi connectivity index (χ2n) is 4.92. The number of phosphoric ester groups is 1. The number of hydrogen-bond donors (Lipinski definition) is 5. The van der Waals surface area contributed by atoms with E-state index in [2.05, 4.69) is 19.5 Å². The molecule has 1 fully saturated rings. The number of aromatic nitrogens is 4. The molecule has 3 rings (SSSR count). The first-order valence-electron chi connectivity index (χ1n) is 6.42. The van der Waals surface area contributed by atoms with Crippen LogP contribution in [-0.4, -0.2) is 64.4 Å². The van der Waals surface area contributed by atoms with Crippen molar-refractivity contribution in [1.82, 2.24) is 19.5 Å². The van der Waals surface area contributed by atoms with Gasteiger partial charge in [0, 0.05) is 0 Å². The predicted octanol–water partition coefficient (Wildman–Crippen LogP) is -4.75. The first-order chi connectivity index (χ1) is 10.8. The molecular formula is C10H15KN5O7P. The Balaban J connectivity index is 0.00000156. The van der Waals surface area contributed by atoms with Gasteiger partial charge >= 0.3 is 59.2 Å². The van der Waals surface area contributed by atoms with Gasteiger partial charge in [0.05, 0.1) is 12.9 Å². The maximum absolute atomic E-state index is 10.7. The van der Waals surface area contributed by atoms with Crippen molar-refractivity contribution in [3.63, 3.8) is 0 Å². The molecule has 2 aromatic rings. The Morgan fingerprint density at radius 3 is 2.71 bits per heavy atom. The number of nitrogen functional groups attached to an aromatic ring is 1. The predicted molar refractivity (Wildman–Crippen MR) is 74.8 cm³/mol. The van der Waals surface area contributed by atoms with Crippen LogP contribution in [0.25, 0.3) is 11.2 Å². The second kappa shape index (κ2) is 7.69. The smallest absolute Gasteiger partial charge is 1.00 e. The number of nitrogens with zero attached hydrogens (tertiary/aromatic N) is 4. The average Bonchev–Trinajstić information content (AvgIpc) is 3.01. The number of nitrogens with two attached hydrogens (primary N) is 1. The van der Waals surface area contributed by atoms with E-state index < -0.39 is 39.0 Å². The van der Waals surface area contributed by atoms with E-state index >= 15 is 0 Å². The molecule has 0 radical (unpaired) electrons. The van der Waals surface area contributed by atoms with Gasteiger partial charge in [-0.2, -0.15) is 0 Å². The number of aliphatic hydroxyl groups is 2. The van der Waals surface area contributed by atoms with Crippen molar-refractivity contribution in [3.8, 4) is 0 Å². The van der Waals surface area contributed by atoms with Crippen LogP contribution in [0.5, 0.6) is 0 Å². The van der Waals surface area contributed by atoms with Crippen LogP contribution in [-0.2, 0) is 13.8 Å². The topological polar surface area (TPSA) is 186 Å². The SMILES string of the molecule is Nc1ncnc2c1ncn2[C@@H]1O[C@H](COP(=O)(O)O)C(O)C1O.[H-].[K+]. The van der Waals surface area contributed by atoms with Gasteiger partial charge < -0.3 is 31.9 Å². The largest absolute Gasteiger partial charge is 1.00 e. The first-order valence-corrected chi connectivity index (χ1v) is 7.95. The van der Waals surface area contributed by atoms with Crippen LogP contribution in [0.4, 0.5) is 5.82 Å². The van der Waals surface area contributed by atoms with Crippen molar-refractivity contribution < 1.29 is 86.6 Å². The molecule has 1 saturated heterocycles. The minimum atomic E-state index is -4.72. The van der Waals surface area contributed by atoms with Gasteiger partial charge in [0.25, 0.3) is 0 Å². The third kappa shape index (κ3) is 4.03. The number of anilines is 1. The molecule has 0 spiro atoms. The van der Waals surface area contributed by atoms with Crippen LogP contribution in [0.3, 0.4) is 0 Å². The molecule has 0 amide bonds. The number of aliphatic hydroxyl groups excluding tert-OH is 2. The molecule has 12 nitrogen and oxygen atoms in total. The Morgan fingerprint density at radius 2 is 2.04 bits per heavy atom. The number of rotatable bonds is 4. The zero-order chi connectivity index (χ0) is 16.8. The van der Waals surface area contributed by atoms with Crippen LogP contribution < -0.4 is 57.1 Å². The summed E-state index contributed by atoms with van der Waals surface area (Å²) in [7, 11) is -4.72. The zero-order valence-corrected chi connectivity index (χ0v) is 16.5. The summed E-state index contributed by atoms with van der Waals surface area (Å²) in [6, 6.07) is 0. The Bertz CT molecular complexity index is 775. The van der Waals surface area contributed by atoms with Crippen molar-refractivity contribution >= 4 is 24.8 Å². The third-order valence-corrected chi connectivity index (χ3v) is 3.89. The van der Waals surface area contributed by atoms with Crippen LogP contribution in [0.1, 0.15) is 7.65 Å². The minimum absolute atomic E-state index is 0. The fraction of sp³-hybridized carbons (Fsp3) is 0.500. The molecule has 1 aliphatic rings. The van der Waals surface area contributed by atoms with E-state index in [1.54, 1.807) is 0 Å². The summed E-state index contributed by atoms with van der Waals surface area (Å²) in [4.78, 5) is 29.2. The quantitative estimate of drug-likeness (QED) is 0.250. The minimum Gasteiger partial charge on any atom is -1.00 e. The maximum Gasteiger partial charge on any atom is 1.00 e. The van der Waals surface area contributed by atoms with Crippen molar-refractivity contribution in [3.05, 3.63) is 12.7 Å². The van der Waals surface area contributed by atoms with Crippen LogP contribution in [0.15, 0.2) is 12.7 Å². The molecule has 14 heteroatoms. The molecule has 3 heterocycles. The molecule has 0 aromatic carbocycles. The maximum atomic E-state index is 10.7. The molecule has 2 unspecified atom stereocenters. The van der Waals surface area contributed by atoms with E-state index in [4.69, 9.17) is 20.3 Å². The standard InChI is InChI=1S/C10H14N5O7P.K.H/c11-8-5-9(13-2-12-8)15(3-14-5)10-7(17)6(16)4(22-10)1-21-23(18,19)20;;/h2-4,6-7,10,16-17H,1H2,(H2,11,12,13)(H2,18,19,20);;/q;+1;-1/t4-,6?,7?,10-;;/m1../s1. The number of phosphoric acid groups is 1. The Morgan fingerprint density at radius 1 is 1.33 bits per heavy atom. The van der Waals surface area contributed by atoms with Crippen molar-refractivity contribution in [2.45, 2.75) is 24.5 Å². The Labute approximate surface area is 179 Å². The van der Waals surface area contributed by atoms with Crippen molar-refractivity contribution in [2.75, 3.05) is 12.3 Å². The van der Waals surface area contributed by atoms with Gasteiger partial charge in [-0.3, -0.25) is 9.09 Å². The summed E-state index contributed by atoms with van der Waals surface area (Å²) in [5.41, 5.74) is 6.25. The molecule has 1 aliphatic heterocycles. The summed E-state index contributed by atoms with van der Waals surface area (Å²) in [5.74, 6) is 0.142. The second-order valence-corrected chi connectivity index (χ2v) is 6.15. The van der Waals surface area contributed by atoms with Gasteiger partial charge in [0.2, 0.25) is 0 Å². The van der Waals surface area contributed by atoms with Crippen molar-refractivity contribution in [1.29, 1.82) is 0 Å². The normalized spacial score (nSPS) is 27.3. The fourth-order valence-electron chi connectivity index (χ4n) is 2.32. The molecule has 0 saturated carbocycles. The zero-order valence-electron chi connectivity index (χ0n) is 13.5. The van der Waals surface area contributed by atoms with Crippen molar-refractivity contribution in [2.24, 2.45) is 0 Å². The van der Waals surface area contributed by atoms with Gasteiger partial charge in [0.1, 0.15) is 30.2 Å². The van der Waals surface area contributed by atoms with Gasteiger partial charge in [-0.15, -0.1) is 0 Å². The monoisotopic (exact) mass is 387 g/mol. The number of imidazole rings is 1. The Hall–Kier alpha value is -0.0236. The van der Waals surface area contributed by atoms with E-state index in [1.165, 1.54) is 17.2 Å². The van der Waals surface area contributed by atoms with E-state index in [9.17, 15) is 14.8 Å². The molecule has 0 bridgehead atoms. The van der Waals surface area contributed by atoms with E-state index in [0.717, 1.165) is 0 Å². The third-order valence-electron chi connectivity index (χ3n) is 3.41. The number of fused-ring (bicyclic) bond motifs is 1. The summed E-state index contributed by atoms with van der Waals surface area (Å²) in [6.07, 6.45) is -2.49. The summed E-state index contributed by atoms with van der Waals surface area (Å²) >= 11 is 0. The van der Waals surface area contributed by atoms with Crippen LogP contribution in [0.2, 0.25) is 0 Å². The summed E-state index contributed by atoms with van der Waals surface area (Å²) < 4.78 is 21.8. The molecule has 4 atom stereocenters. The van der Waals surface area contributed by atoms with Crippen LogP contribution in [0, 0.1) is 0 Å². The van der Waals surface area contributed by atoms with E-state index in [-0.39, 0.29) is 64.3 Å². The molecule has 0 aliphatic carbocycles. The fourth-order valence-corrected chi connectivity index (χ4v) is 2.66. The van der Waals surface area contributed by atoms with Gasteiger partial charge in [-0.1, -0.05) is 0 Å². The van der Waals surface area contributed by atoms with Crippen LogP contribution >= 0.6 is 7.82 Å². The Kier molecular flexibility index (Phi) is 6.50. The molecule has 6 N–H and O–H groups in total. The number of ether oxygens (including phenoxy) is 1. The first kappa shape index (κ1) is 20.3. The molecule has 2 aromatic heterocycles. The summed E-state index contributed by atoms with van der Waals surface area (Å²) in [5, 5.41) is 20.1. The molecular weight excluding hydrogens is 372 g/mol. The van der Waals surface area contributed by atoms with Gasteiger partial charge in [0.15, 0.2) is 17.7 Å². The van der Waals surface area contributed by atoms with E-state index in [0.29, 0.717) is 5.52 Å². The molecule has 128 valence electrons. The summed E-state index contributed by atoms with van der Waals surface area (Å²) in [6.45, 7) is -0.594. The van der Waals surface area contributed by atoms with Gasteiger partial charge in [-0.25, -0.2) is 19.5 Å². The van der Waals surface area contributed by atoms with Gasteiger partial charge in [-0.05, 0) is 0 Å². The van der Waals surface area contributed by atoms with E-state index in [1.807, 2.05) is 0 Å². The number of hydrogen-bond acceptors (Lipinski definition) is 9. The average molecular weight is 387 g/mol.